The van der Waals surface area contributed by atoms with E-state index >= 15 is 0 Å². The van der Waals surface area contributed by atoms with E-state index in [1.54, 1.807) is 0 Å². The van der Waals surface area contributed by atoms with Gasteiger partial charge in [-0.15, -0.1) is 6.58 Å². The number of hydrogen-bond donors (Lipinski definition) is 1. The van der Waals surface area contributed by atoms with Gasteiger partial charge in [0.05, 0.1) is 12.6 Å². The van der Waals surface area contributed by atoms with Gasteiger partial charge in [-0.1, -0.05) is 24.3 Å². The summed E-state index contributed by atoms with van der Waals surface area (Å²) < 4.78 is 2.26. The van der Waals surface area contributed by atoms with E-state index in [9.17, 15) is 5.11 Å². The lowest BCUT2D eigenvalue weighted by Gasteiger charge is -2.31. The summed E-state index contributed by atoms with van der Waals surface area (Å²) in [5, 5.41) is 13.2. The third kappa shape index (κ3) is 1.67. The van der Waals surface area contributed by atoms with Crippen molar-refractivity contribution in [3.05, 3.63) is 48.2 Å². The summed E-state index contributed by atoms with van der Waals surface area (Å²) in [5.41, 5.74) is 3.94. The van der Waals surface area contributed by atoms with Crippen molar-refractivity contribution in [1.29, 1.82) is 0 Å². The second-order valence-corrected chi connectivity index (χ2v) is 5.93. The number of benzene rings is 1. The fourth-order valence-electron chi connectivity index (χ4n) is 4.00. The van der Waals surface area contributed by atoms with E-state index < -0.39 is 0 Å². The van der Waals surface area contributed by atoms with Crippen LogP contribution in [-0.4, -0.2) is 34.0 Å². The highest BCUT2D eigenvalue weighted by Gasteiger charge is 2.46. The molecule has 3 heterocycles. The van der Waals surface area contributed by atoms with E-state index in [4.69, 9.17) is 4.84 Å². The first-order chi connectivity index (χ1) is 10.3. The molecule has 1 saturated heterocycles. The Labute approximate surface area is 124 Å². The van der Waals surface area contributed by atoms with Gasteiger partial charge in [-0.05, 0) is 18.1 Å². The fraction of sp³-hybridized carbons (Fsp3) is 0.412. The third-order valence-electron chi connectivity index (χ3n) is 4.96. The van der Waals surface area contributed by atoms with Gasteiger partial charge in [0.15, 0.2) is 0 Å². The number of aliphatic hydroxyl groups excluding tert-OH is 1. The quantitative estimate of drug-likeness (QED) is 0.859. The Bertz CT molecular complexity index is 706. The Kier molecular flexibility index (Phi) is 2.92. The maximum absolute atomic E-state index is 9.83. The maximum atomic E-state index is 9.83. The highest BCUT2D eigenvalue weighted by Crippen LogP contribution is 2.46. The molecule has 4 rings (SSSR count). The average molecular weight is 284 g/mol. The van der Waals surface area contributed by atoms with E-state index in [1.165, 1.54) is 22.2 Å². The van der Waals surface area contributed by atoms with Crippen LogP contribution >= 0.6 is 0 Å². The normalized spacial score (nSPS) is 28.6. The van der Waals surface area contributed by atoms with E-state index in [0.29, 0.717) is 0 Å². The third-order valence-corrected chi connectivity index (χ3v) is 4.96. The zero-order valence-electron chi connectivity index (χ0n) is 12.2. The molecule has 4 nitrogen and oxygen atoms in total. The molecule has 2 aliphatic heterocycles. The zero-order valence-corrected chi connectivity index (χ0v) is 12.2. The SMILES string of the molecule is C=C[C@@H]1ON2CCc3c(n(C)c4ccccc34)[C@@H]2[C@H]1CO. The Hall–Kier alpha value is -1.62. The summed E-state index contributed by atoms with van der Waals surface area (Å²) in [5.74, 6) is 0.0459. The minimum absolute atomic E-state index is 0.0459. The summed E-state index contributed by atoms with van der Waals surface area (Å²) in [4.78, 5) is 5.97. The molecule has 1 fully saturated rings. The van der Waals surface area contributed by atoms with Crippen molar-refractivity contribution in [2.45, 2.75) is 18.6 Å². The molecule has 1 N–H and O–H groups in total. The summed E-state index contributed by atoms with van der Waals surface area (Å²) in [6, 6.07) is 8.63. The van der Waals surface area contributed by atoms with Crippen molar-refractivity contribution < 1.29 is 9.94 Å². The molecular weight excluding hydrogens is 264 g/mol. The number of para-hydroxylation sites is 1. The van der Waals surface area contributed by atoms with Gasteiger partial charge in [0, 0.05) is 36.1 Å². The molecule has 0 saturated carbocycles. The van der Waals surface area contributed by atoms with Gasteiger partial charge in [0.25, 0.3) is 0 Å². The van der Waals surface area contributed by atoms with Crippen molar-refractivity contribution in [2.24, 2.45) is 13.0 Å². The van der Waals surface area contributed by atoms with Crippen LogP contribution in [0.3, 0.4) is 0 Å². The topological polar surface area (TPSA) is 37.6 Å². The molecule has 0 aliphatic carbocycles. The van der Waals surface area contributed by atoms with Crippen LogP contribution in [0.4, 0.5) is 0 Å². The van der Waals surface area contributed by atoms with Crippen molar-refractivity contribution in [3.8, 4) is 0 Å². The molecule has 0 spiro atoms. The number of nitrogens with zero attached hydrogens (tertiary/aromatic N) is 2. The molecule has 1 aromatic carbocycles. The van der Waals surface area contributed by atoms with E-state index in [2.05, 4.69) is 42.5 Å². The molecule has 2 aromatic rings. The van der Waals surface area contributed by atoms with Crippen LogP contribution in [-0.2, 0) is 18.3 Å². The second kappa shape index (κ2) is 4.70. The summed E-state index contributed by atoms with van der Waals surface area (Å²) in [6.45, 7) is 4.83. The molecule has 3 atom stereocenters. The van der Waals surface area contributed by atoms with Gasteiger partial charge in [-0.2, -0.15) is 5.06 Å². The summed E-state index contributed by atoms with van der Waals surface area (Å²) >= 11 is 0. The predicted molar refractivity (Wildman–Crippen MR) is 81.7 cm³/mol. The van der Waals surface area contributed by atoms with Crippen molar-refractivity contribution in [2.75, 3.05) is 13.2 Å². The molecule has 2 aliphatic rings. The lowest BCUT2D eigenvalue weighted by Crippen LogP contribution is -2.34. The highest BCUT2D eigenvalue weighted by molar-refractivity contribution is 5.86. The number of aromatic nitrogens is 1. The molecule has 110 valence electrons. The molecule has 0 radical (unpaired) electrons. The smallest absolute Gasteiger partial charge is 0.104 e. The largest absolute Gasteiger partial charge is 0.396 e. The Morgan fingerprint density at radius 3 is 3.00 bits per heavy atom. The maximum Gasteiger partial charge on any atom is 0.104 e. The Morgan fingerprint density at radius 1 is 1.43 bits per heavy atom. The van der Waals surface area contributed by atoms with E-state index in [1.807, 2.05) is 11.1 Å². The minimum Gasteiger partial charge on any atom is -0.396 e. The predicted octanol–water partition coefficient (Wildman–Crippen LogP) is 2.19. The van der Waals surface area contributed by atoms with Gasteiger partial charge in [0.1, 0.15) is 6.10 Å². The first-order valence-electron chi connectivity index (χ1n) is 7.49. The van der Waals surface area contributed by atoms with Crippen LogP contribution in [0.1, 0.15) is 17.3 Å². The van der Waals surface area contributed by atoms with Crippen LogP contribution in [0.25, 0.3) is 10.9 Å². The average Bonchev–Trinajstić information content (AvgIpc) is 3.03. The van der Waals surface area contributed by atoms with Crippen molar-refractivity contribution in [3.63, 3.8) is 0 Å². The zero-order chi connectivity index (χ0) is 14.6. The summed E-state index contributed by atoms with van der Waals surface area (Å²) in [6.07, 6.45) is 2.68. The first kappa shape index (κ1) is 13.1. The van der Waals surface area contributed by atoms with Crippen LogP contribution in [0.2, 0.25) is 0 Å². The number of rotatable bonds is 2. The molecule has 4 heteroatoms. The molecule has 0 amide bonds. The van der Waals surface area contributed by atoms with Gasteiger partial charge < -0.3 is 9.67 Å². The molecule has 0 unspecified atom stereocenters. The number of hydroxylamine groups is 2. The minimum atomic E-state index is -0.107. The van der Waals surface area contributed by atoms with Gasteiger partial charge in [-0.25, -0.2) is 0 Å². The van der Waals surface area contributed by atoms with E-state index in [0.717, 1.165) is 13.0 Å². The number of aryl methyl sites for hydroxylation is 1. The molecule has 1 aromatic heterocycles. The first-order valence-corrected chi connectivity index (χ1v) is 7.49. The lowest BCUT2D eigenvalue weighted by molar-refractivity contribution is -0.155. The van der Waals surface area contributed by atoms with Crippen LogP contribution in [0, 0.1) is 5.92 Å². The molecule has 21 heavy (non-hydrogen) atoms. The van der Waals surface area contributed by atoms with Crippen LogP contribution in [0.15, 0.2) is 36.9 Å². The van der Waals surface area contributed by atoms with Gasteiger partial charge in [-0.3, -0.25) is 4.84 Å². The number of fused-ring (bicyclic) bond motifs is 5. The Balaban J connectivity index is 1.93. The van der Waals surface area contributed by atoms with Gasteiger partial charge in [0.2, 0.25) is 0 Å². The lowest BCUT2D eigenvalue weighted by atomic mass is 9.88. The second-order valence-electron chi connectivity index (χ2n) is 5.93. The number of aliphatic hydroxyl groups is 1. The highest BCUT2D eigenvalue weighted by atomic mass is 16.7. The molecule has 0 bridgehead atoms. The van der Waals surface area contributed by atoms with E-state index in [-0.39, 0.29) is 24.7 Å². The Morgan fingerprint density at radius 2 is 2.24 bits per heavy atom. The van der Waals surface area contributed by atoms with Crippen LogP contribution < -0.4 is 0 Å². The fourth-order valence-corrected chi connectivity index (χ4v) is 4.00. The van der Waals surface area contributed by atoms with Gasteiger partial charge >= 0.3 is 0 Å². The monoisotopic (exact) mass is 284 g/mol. The van der Waals surface area contributed by atoms with Crippen LogP contribution in [0.5, 0.6) is 0 Å². The standard InChI is InChI=1S/C17H20N2O2/c1-3-15-13(10-20)17-16-12(8-9-19(17)21-15)11-6-4-5-7-14(11)18(16)2/h3-7,13,15,17,20H,1,8-10H2,2H3/t13-,15-,17-/m0/s1. The number of hydrogen-bond acceptors (Lipinski definition) is 3. The molecular formula is C17H20N2O2. The summed E-state index contributed by atoms with van der Waals surface area (Å²) in [7, 11) is 2.11. The van der Waals surface area contributed by atoms with Crippen molar-refractivity contribution in [1.82, 2.24) is 9.63 Å². The van der Waals surface area contributed by atoms with Crippen molar-refractivity contribution >= 4 is 10.9 Å².